The van der Waals surface area contributed by atoms with Gasteiger partial charge in [-0.25, -0.2) is 9.97 Å². The number of hydrogen-bond acceptors (Lipinski definition) is 6. The number of fused-ring (bicyclic) bond motifs is 1. The Morgan fingerprint density at radius 2 is 1.69 bits per heavy atom. The molecule has 162 valence electrons. The first-order valence-corrected chi connectivity index (χ1v) is 10.8. The molecule has 2 aromatic carbocycles. The van der Waals surface area contributed by atoms with Crippen molar-refractivity contribution in [2.45, 2.75) is 13.8 Å². The number of hydrogen-bond donors (Lipinski definition) is 1. The smallest absolute Gasteiger partial charge is 0.289 e. The minimum Gasteiger partial charge on any atom is -0.451 e. The molecule has 1 fully saturated rings. The molecule has 1 N–H and O–H groups in total. The average molecular weight is 428 g/mol. The van der Waals surface area contributed by atoms with E-state index in [0.29, 0.717) is 37.8 Å². The second kappa shape index (κ2) is 8.34. The number of rotatable bonds is 4. The zero-order valence-corrected chi connectivity index (χ0v) is 18.2. The van der Waals surface area contributed by atoms with Gasteiger partial charge in [0.15, 0.2) is 5.76 Å². The van der Waals surface area contributed by atoms with Crippen LogP contribution in [0.3, 0.4) is 0 Å². The van der Waals surface area contributed by atoms with Crippen LogP contribution >= 0.6 is 0 Å². The summed E-state index contributed by atoms with van der Waals surface area (Å²) in [5.74, 6) is 2.65. The summed E-state index contributed by atoms with van der Waals surface area (Å²) in [6, 6.07) is 19.7. The lowest BCUT2D eigenvalue weighted by Gasteiger charge is -2.35. The van der Waals surface area contributed by atoms with Gasteiger partial charge in [0.05, 0.1) is 0 Å². The van der Waals surface area contributed by atoms with E-state index in [2.05, 4.69) is 39.2 Å². The molecule has 0 atom stereocenters. The Bertz CT molecular complexity index is 1220. The highest BCUT2D eigenvalue weighted by atomic mass is 16.3. The Morgan fingerprint density at radius 3 is 2.44 bits per heavy atom. The topological polar surface area (TPSA) is 74.5 Å². The van der Waals surface area contributed by atoms with Gasteiger partial charge in [-0.05, 0) is 38.1 Å². The van der Waals surface area contributed by atoms with Gasteiger partial charge in [-0.15, -0.1) is 0 Å². The second-order valence-corrected chi connectivity index (χ2v) is 8.08. The molecule has 2 aromatic heterocycles. The third-order valence-corrected chi connectivity index (χ3v) is 5.68. The van der Waals surface area contributed by atoms with Gasteiger partial charge in [-0.2, -0.15) is 0 Å². The molecule has 4 aromatic rings. The highest BCUT2D eigenvalue weighted by molar-refractivity contribution is 5.96. The molecule has 1 saturated heterocycles. The van der Waals surface area contributed by atoms with E-state index >= 15 is 0 Å². The largest absolute Gasteiger partial charge is 0.451 e. The average Bonchev–Trinajstić information content (AvgIpc) is 3.24. The minimum absolute atomic E-state index is 0.0681. The van der Waals surface area contributed by atoms with Crippen LogP contribution in [0.2, 0.25) is 0 Å². The standard InChI is InChI=1S/C25H25N5O2/c1-17-7-9-20(10-8-17)28-23-16-24(27-18(2)26-23)29-11-13-30(14-12-29)25(31)22-15-19-5-3-4-6-21(19)32-22/h3-10,15-16H,11-14H2,1-2H3,(H,26,27,28). The number of nitrogens with one attached hydrogen (secondary N) is 1. The molecule has 0 aliphatic carbocycles. The molecule has 0 spiro atoms. The van der Waals surface area contributed by atoms with Crippen LogP contribution in [0.1, 0.15) is 21.9 Å². The summed E-state index contributed by atoms with van der Waals surface area (Å²) in [7, 11) is 0. The molecule has 5 rings (SSSR count). The fourth-order valence-electron chi connectivity index (χ4n) is 3.94. The molecule has 7 nitrogen and oxygen atoms in total. The number of aromatic nitrogens is 2. The van der Waals surface area contributed by atoms with Gasteiger partial charge in [0, 0.05) is 43.3 Å². The first-order valence-electron chi connectivity index (χ1n) is 10.8. The van der Waals surface area contributed by atoms with Gasteiger partial charge in [-0.1, -0.05) is 35.9 Å². The van der Waals surface area contributed by atoms with E-state index in [1.165, 1.54) is 5.56 Å². The predicted octanol–water partition coefficient (Wildman–Crippen LogP) is 4.55. The number of benzene rings is 2. The van der Waals surface area contributed by atoms with Gasteiger partial charge >= 0.3 is 0 Å². The lowest BCUT2D eigenvalue weighted by molar-refractivity contribution is 0.0717. The minimum atomic E-state index is -0.0681. The Morgan fingerprint density at radius 1 is 0.938 bits per heavy atom. The summed E-state index contributed by atoms with van der Waals surface area (Å²) >= 11 is 0. The van der Waals surface area contributed by atoms with Crippen molar-refractivity contribution in [1.29, 1.82) is 0 Å². The molecule has 1 aliphatic heterocycles. The van der Waals surface area contributed by atoms with E-state index in [1.807, 2.05) is 60.4 Å². The first kappa shape index (κ1) is 20.1. The maximum Gasteiger partial charge on any atom is 0.289 e. The van der Waals surface area contributed by atoms with Gasteiger partial charge in [-0.3, -0.25) is 4.79 Å². The molecule has 0 bridgehead atoms. The molecule has 1 aliphatic rings. The van der Waals surface area contributed by atoms with E-state index in [0.717, 1.165) is 28.3 Å². The highest BCUT2D eigenvalue weighted by Gasteiger charge is 2.25. The summed E-state index contributed by atoms with van der Waals surface area (Å²) in [4.78, 5) is 26.1. The fourth-order valence-corrected chi connectivity index (χ4v) is 3.94. The maximum atomic E-state index is 12.9. The molecule has 3 heterocycles. The van der Waals surface area contributed by atoms with Crippen molar-refractivity contribution < 1.29 is 9.21 Å². The van der Waals surface area contributed by atoms with E-state index < -0.39 is 0 Å². The summed E-state index contributed by atoms with van der Waals surface area (Å²) in [6.07, 6.45) is 0. The number of amides is 1. The normalized spacial score (nSPS) is 14.1. The third-order valence-electron chi connectivity index (χ3n) is 5.68. The van der Waals surface area contributed by atoms with Crippen LogP contribution < -0.4 is 10.2 Å². The number of nitrogens with zero attached hydrogens (tertiary/aromatic N) is 4. The Hall–Kier alpha value is -3.87. The molecule has 0 radical (unpaired) electrons. The number of piperazine rings is 1. The van der Waals surface area contributed by atoms with Crippen molar-refractivity contribution in [2.75, 3.05) is 36.4 Å². The molecule has 7 heteroatoms. The lowest BCUT2D eigenvalue weighted by atomic mass is 10.2. The van der Waals surface area contributed by atoms with E-state index in [9.17, 15) is 4.79 Å². The number of aryl methyl sites for hydroxylation is 2. The van der Waals surface area contributed by atoms with Gasteiger partial charge in [0.1, 0.15) is 23.0 Å². The number of para-hydroxylation sites is 1. The number of furan rings is 1. The number of carbonyl (C=O) groups excluding carboxylic acids is 1. The second-order valence-electron chi connectivity index (χ2n) is 8.08. The predicted molar refractivity (Wildman–Crippen MR) is 126 cm³/mol. The van der Waals surface area contributed by atoms with Crippen molar-refractivity contribution in [2.24, 2.45) is 0 Å². The molecule has 0 saturated carbocycles. The van der Waals surface area contributed by atoms with Crippen LogP contribution in [0.15, 0.2) is 65.1 Å². The Labute approximate surface area is 186 Å². The monoisotopic (exact) mass is 427 g/mol. The van der Waals surface area contributed by atoms with Crippen LogP contribution in [0.5, 0.6) is 0 Å². The van der Waals surface area contributed by atoms with Crippen LogP contribution in [-0.2, 0) is 0 Å². The zero-order valence-electron chi connectivity index (χ0n) is 18.2. The van der Waals surface area contributed by atoms with E-state index in [1.54, 1.807) is 0 Å². The zero-order chi connectivity index (χ0) is 22.1. The summed E-state index contributed by atoms with van der Waals surface area (Å²) < 4.78 is 5.76. The summed E-state index contributed by atoms with van der Waals surface area (Å²) in [5.41, 5.74) is 2.94. The van der Waals surface area contributed by atoms with Crippen molar-refractivity contribution in [3.8, 4) is 0 Å². The molecule has 32 heavy (non-hydrogen) atoms. The van der Waals surface area contributed by atoms with Crippen molar-refractivity contribution >= 4 is 34.2 Å². The van der Waals surface area contributed by atoms with Crippen LogP contribution in [0.25, 0.3) is 11.0 Å². The SMILES string of the molecule is Cc1ccc(Nc2cc(N3CCN(C(=O)c4cc5ccccc5o4)CC3)nc(C)n2)cc1. The van der Waals surface area contributed by atoms with Gasteiger partial charge < -0.3 is 19.5 Å². The maximum absolute atomic E-state index is 12.9. The molecule has 0 unspecified atom stereocenters. The van der Waals surface area contributed by atoms with Crippen molar-refractivity contribution in [1.82, 2.24) is 14.9 Å². The van der Waals surface area contributed by atoms with Crippen molar-refractivity contribution in [3.63, 3.8) is 0 Å². The highest BCUT2D eigenvalue weighted by Crippen LogP contribution is 2.23. The van der Waals surface area contributed by atoms with E-state index in [-0.39, 0.29) is 5.91 Å². The molecular weight excluding hydrogens is 402 g/mol. The summed E-state index contributed by atoms with van der Waals surface area (Å²) in [5, 5.41) is 4.30. The van der Waals surface area contributed by atoms with Gasteiger partial charge in [0.25, 0.3) is 5.91 Å². The molecular formula is C25H25N5O2. The lowest BCUT2D eigenvalue weighted by Crippen LogP contribution is -2.49. The van der Waals surface area contributed by atoms with Crippen LogP contribution in [0, 0.1) is 13.8 Å². The summed E-state index contributed by atoms with van der Waals surface area (Å²) in [6.45, 7) is 6.58. The van der Waals surface area contributed by atoms with Crippen molar-refractivity contribution in [3.05, 3.63) is 77.8 Å². The Kier molecular flexibility index (Phi) is 5.23. The Balaban J connectivity index is 1.27. The molecule has 1 amide bonds. The first-order chi connectivity index (χ1) is 15.5. The van der Waals surface area contributed by atoms with Crippen LogP contribution in [-0.4, -0.2) is 47.0 Å². The fraction of sp³-hybridized carbons (Fsp3) is 0.240. The number of carbonyl (C=O) groups is 1. The third kappa shape index (κ3) is 4.14. The van der Waals surface area contributed by atoms with Crippen LogP contribution in [0.4, 0.5) is 17.3 Å². The van der Waals surface area contributed by atoms with Gasteiger partial charge in [0.2, 0.25) is 0 Å². The van der Waals surface area contributed by atoms with E-state index in [4.69, 9.17) is 4.42 Å². The number of anilines is 3. The quantitative estimate of drug-likeness (QED) is 0.515.